The molecular formula is C10H9O4. The second kappa shape index (κ2) is 5.01. The van der Waals surface area contributed by atoms with E-state index in [-0.39, 0.29) is 12.4 Å². The fourth-order valence-corrected chi connectivity index (χ4v) is 0.955. The average molecular weight is 193 g/mol. The molecule has 0 spiro atoms. The second-order valence-corrected chi connectivity index (χ2v) is 2.52. The second-order valence-electron chi connectivity index (χ2n) is 2.52. The Kier molecular flexibility index (Phi) is 3.67. The maximum atomic E-state index is 11.3. The quantitative estimate of drug-likeness (QED) is 0.653. The average Bonchev–Trinajstić information content (AvgIpc) is 2.26. The Hall–Kier alpha value is -1.84. The molecule has 0 saturated carbocycles. The molecule has 1 aromatic carbocycles. The fourth-order valence-electron chi connectivity index (χ4n) is 0.955. The number of carbonyl (C=O) groups is 1. The normalized spacial score (nSPS) is 9.21. The topological polar surface area (TPSA) is 52.6 Å². The lowest BCUT2D eigenvalue weighted by Crippen LogP contribution is -2.07. The third-order valence-electron chi connectivity index (χ3n) is 1.67. The molecule has 73 valence electrons. The standard InChI is InChI=1S/C10H9O4/c1-13-9-4-2-8(3-5-9)10(12)6-14-7-11/h2-5H,6H2,1H3. The first-order valence-electron chi connectivity index (χ1n) is 3.94. The van der Waals surface area contributed by atoms with Gasteiger partial charge >= 0.3 is 6.47 Å². The zero-order valence-electron chi connectivity index (χ0n) is 7.65. The number of carbonyl (C=O) groups excluding carboxylic acids is 2. The predicted molar refractivity (Wildman–Crippen MR) is 49.0 cm³/mol. The van der Waals surface area contributed by atoms with E-state index >= 15 is 0 Å². The van der Waals surface area contributed by atoms with Crippen LogP contribution in [0.25, 0.3) is 0 Å². The first-order valence-corrected chi connectivity index (χ1v) is 3.94. The summed E-state index contributed by atoms with van der Waals surface area (Å²) >= 11 is 0. The highest BCUT2D eigenvalue weighted by Gasteiger charge is 2.05. The van der Waals surface area contributed by atoms with E-state index in [1.807, 2.05) is 0 Å². The van der Waals surface area contributed by atoms with Crippen LogP contribution in [-0.2, 0) is 9.53 Å². The van der Waals surface area contributed by atoms with Gasteiger partial charge in [0.1, 0.15) is 5.75 Å². The highest BCUT2D eigenvalue weighted by atomic mass is 16.5. The molecule has 1 rings (SSSR count). The molecule has 0 fully saturated rings. The van der Waals surface area contributed by atoms with Crippen molar-refractivity contribution in [3.63, 3.8) is 0 Å². The molecule has 0 aliphatic rings. The smallest absolute Gasteiger partial charge is 0.417 e. The molecule has 4 heteroatoms. The monoisotopic (exact) mass is 193 g/mol. The summed E-state index contributed by atoms with van der Waals surface area (Å²) in [6.07, 6.45) is 0. The van der Waals surface area contributed by atoms with E-state index in [1.165, 1.54) is 6.47 Å². The van der Waals surface area contributed by atoms with Crippen LogP contribution in [-0.4, -0.2) is 26.0 Å². The van der Waals surface area contributed by atoms with Crippen LogP contribution in [0.5, 0.6) is 5.75 Å². The molecule has 0 amide bonds. The molecule has 0 atom stereocenters. The largest absolute Gasteiger partial charge is 0.497 e. The van der Waals surface area contributed by atoms with Crippen molar-refractivity contribution in [2.24, 2.45) is 0 Å². The maximum Gasteiger partial charge on any atom is 0.417 e. The molecule has 0 aromatic heterocycles. The molecule has 0 unspecified atom stereocenters. The van der Waals surface area contributed by atoms with Gasteiger partial charge in [-0.25, -0.2) is 4.79 Å². The van der Waals surface area contributed by atoms with Gasteiger partial charge in [-0.3, -0.25) is 4.79 Å². The minimum atomic E-state index is -0.282. The summed E-state index contributed by atoms with van der Waals surface area (Å²) in [7, 11) is 1.54. The van der Waals surface area contributed by atoms with Gasteiger partial charge in [0.2, 0.25) is 0 Å². The summed E-state index contributed by atoms with van der Waals surface area (Å²) in [5.74, 6) is 0.403. The van der Waals surface area contributed by atoms with Gasteiger partial charge in [0.25, 0.3) is 0 Å². The van der Waals surface area contributed by atoms with E-state index in [0.717, 1.165) is 0 Å². The number of ether oxygens (including phenoxy) is 2. The van der Waals surface area contributed by atoms with Gasteiger partial charge in [-0.15, -0.1) is 0 Å². The van der Waals surface area contributed by atoms with Gasteiger partial charge in [0.05, 0.1) is 7.11 Å². The molecule has 0 saturated heterocycles. The number of benzene rings is 1. The van der Waals surface area contributed by atoms with Crippen LogP contribution < -0.4 is 4.74 Å². The fraction of sp³-hybridized carbons (Fsp3) is 0.200. The Balaban J connectivity index is 2.66. The first kappa shape index (κ1) is 10.2. The third-order valence-corrected chi connectivity index (χ3v) is 1.67. The van der Waals surface area contributed by atoms with Crippen molar-refractivity contribution in [2.45, 2.75) is 0 Å². The summed E-state index contributed by atoms with van der Waals surface area (Å²) < 4.78 is 9.15. The molecule has 14 heavy (non-hydrogen) atoms. The van der Waals surface area contributed by atoms with E-state index in [4.69, 9.17) is 4.74 Å². The van der Waals surface area contributed by atoms with Gasteiger partial charge in [0.15, 0.2) is 12.4 Å². The number of Topliss-reactive ketones (excluding diaryl/α,β-unsaturated/α-hetero) is 1. The van der Waals surface area contributed by atoms with Crippen LogP contribution in [0.15, 0.2) is 24.3 Å². The molecule has 0 bridgehead atoms. The molecule has 0 aliphatic carbocycles. The van der Waals surface area contributed by atoms with Crippen molar-refractivity contribution < 1.29 is 19.1 Å². The minimum absolute atomic E-state index is 0.268. The van der Waals surface area contributed by atoms with Crippen LogP contribution in [0.2, 0.25) is 0 Å². The van der Waals surface area contributed by atoms with E-state index in [9.17, 15) is 9.59 Å². The number of rotatable bonds is 5. The summed E-state index contributed by atoms with van der Waals surface area (Å²) in [6.45, 7) is 0.913. The van der Waals surface area contributed by atoms with Gasteiger partial charge < -0.3 is 9.47 Å². The van der Waals surface area contributed by atoms with Crippen LogP contribution in [0.3, 0.4) is 0 Å². The van der Waals surface area contributed by atoms with E-state index in [2.05, 4.69) is 4.74 Å². The Labute approximate surface area is 81.4 Å². The third kappa shape index (κ3) is 2.58. The van der Waals surface area contributed by atoms with Crippen LogP contribution in [0, 0.1) is 0 Å². The van der Waals surface area contributed by atoms with Crippen molar-refractivity contribution >= 4 is 12.3 Å². The van der Waals surface area contributed by atoms with Gasteiger partial charge in [0, 0.05) is 5.56 Å². The number of ketones is 1. The zero-order valence-corrected chi connectivity index (χ0v) is 7.65. The van der Waals surface area contributed by atoms with Crippen molar-refractivity contribution in [3.8, 4) is 5.75 Å². The van der Waals surface area contributed by atoms with Crippen molar-refractivity contribution in [3.05, 3.63) is 29.8 Å². The molecule has 1 aromatic rings. The summed E-state index contributed by atoms with van der Waals surface area (Å²) in [6, 6.07) is 6.54. The Bertz CT molecular complexity index is 315. The molecule has 4 nitrogen and oxygen atoms in total. The van der Waals surface area contributed by atoms with E-state index in [1.54, 1.807) is 31.4 Å². The van der Waals surface area contributed by atoms with Crippen molar-refractivity contribution in [1.29, 1.82) is 0 Å². The van der Waals surface area contributed by atoms with Crippen LogP contribution >= 0.6 is 0 Å². The number of hydrogen-bond donors (Lipinski definition) is 0. The van der Waals surface area contributed by atoms with Gasteiger partial charge in [-0.2, -0.15) is 0 Å². The Morgan fingerprint density at radius 2 is 2.00 bits per heavy atom. The van der Waals surface area contributed by atoms with Crippen LogP contribution in [0.4, 0.5) is 0 Å². The van der Waals surface area contributed by atoms with Crippen LogP contribution in [0.1, 0.15) is 10.4 Å². The molecule has 1 radical (unpaired) electrons. The van der Waals surface area contributed by atoms with Gasteiger partial charge in [-0.1, -0.05) is 0 Å². The van der Waals surface area contributed by atoms with E-state index in [0.29, 0.717) is 11.3 Å². The van der Waals surface area contributed by atoms with E-state index < -0.39 is 0 Å². The zero-order chi connectivity index (χ0) is 10.4. The molecular weight excluding hydrogens is 184 g/mol. The molecule has 0 aliphatic heterocycles. The SMILES string of the molecule is COc1ccc(C(=O)CO[C]=O)cc1. The number of methoxy groups -OCH3 is 1. The first-order chi connectivity index (χ1) is 6.77. The van der Waals surface area contributed by atoms with Gasteiger partial charge in [-0.05, 0) is 24.3 Å². The maximum absolute atomic E-state index is 11.3. The lowest BCUT2D eigenvalue weighted by molar-refractivity contribution is 0.0909. The summed E-state index contributed by atoms with van der Waals surface area (Å²) in [5.41, 5.74) is 0.473. The van der Waals surface area contributed by atoms with Crippen molar-refractivity contribution in [1.82, 2.24) is 0 Å². The minimum Gasteiger partial charge on any atom is -0.497 e. The molecule has 0 heterocycles. The summed E-state index contributed by atoms with van der Waals surface area (Å²) in [5, 5.41) is 0. The Morgan fingerprint density at radius 3 is 2.50 bits per heavy atom. The highest BCUT2D eigenvalue weighted by molar-refractivity contribution is 5.97. The van der Waals surface area contributed by atoms with Crippen molar-refractivity contribution in [2.75, 3.05) is 13.7 Å². The highest BCUT2D eigenvalue weighted by Crippen LogP contribution is 2.11. The Morgan fingerprint density at radius 1 is 1.36 bits per heavy atom. The predicted octanol–water partition coefficient (Wildman–Crippen LogP) is 0.962. The lowest BCUT2D eigenvalue weighted by Gasteiger charge is -2.01. The number of hydrogen-bond acceptors (Lipinski definition) is 4. The lowest BCUT2D eigenvalue weighted by atomic mass is 10.1. The summed E-state index contributed by atoms with van der Waals surface area (Å²) in [4.78, 5) is 21.0. The molecule has 0 N–H and O–H groups in total.